The van der Waals surface area contributed by atoms with Gasteiger partial charge < -0.3 is 15.5 Å². The zero-order chi connectivity index (χ0) is 24.2. The molecule has 10 heteroatoms. The predicted molar refractivity (Wildman–Crippen MR) is 115 cm³/mol. The first-order chi connectivity index (χ1) is 15.6. The second-order valence-electron chi connectivity index (χ2n) is 7.67. The van der Waals surface area contributed by atoms with E-state index in [4.69, 9.17) is 10.5 Å². The van der Waals surface area contributed by atoms with Crippen molar-refractivity contribution in [3.63, 3.8) is 0 Å². The predicted octanol–water partition coefficient (Wildman–Crippen LogP) is 4.68. The Morgan fingerprint density at radius 2 is 2.06 bits per heavy atom. The number of aromatic amines is 1. The third kappa shape index (κ3) is 5.68. The summed E-state index contributed by atoms with van der Waals surface area (Å²) in [6.45, 7) is 2.05. The van der Waals surface area contributed by atoms with Crippen LogP contribution in [0, 0.1) is 11.6 Å². The summed E-state index contributed by atoms with van der Waals surface area (Å²) in [7, 11) is 0. The van der Waals surface area contributed by atoms with Crippen LogP contribution in [-0.4, -0.2) is 28.4 Å². The van der Waals surface area contributed by atoms with Crippen LogP contribution >= 0.6 is 0 Å². The molecule has 1 aliphatic rings. The number of H-pyrrole nitrogens is 1. The highest BCUT2D eigenvalue weighted by Crippen LogP contribution is 2.41. The topological polar surface area (TPSA) is 98.1 Å². The van der Waals surface area contributed by atoms with Crippen molar-refractivity contribution in [3.8, 4) is 5.75 Å². The molecule has 0 bridgehead atoms. The first-order valence-corrected chi connectivity index (χ1v) is 10.4. The fourth-order valence-electron chi connectivity index (χ4n) is 3.82. The van der Waals surface area contributed by atoms with Gasteiger partial charge in [0.1, 0.15) is 5.69 Å². The van der Waals surface area contributed by atoms with E-state index in [1.54, 1.807) is 6.92 Å². The average Bonchev–Trinajstić information content (AvgIpc) is 2.76. The molecule has 1 saturated carbocycles. The number of carbonyl (C=O) groups excluding carboxylic acids is 1. The van der Waals surface area contributed by atoms with Gasteiger partial charge in [-0.2, -0.15) is 4.39 Å². The van der Waals surface area contributed by atoms with E-state index in [0.29, 0.717) is 30.7 Å². The molecule has 0 saturated heterocycles. The quantitative estimate of drug-likeness (QED) is 0.547. The van der Waals surface area contributed by atoms with E-state index in [2.05, 4.69) is 9.97 Å². The number of aromatic nitrogens is 2. The first kappa shape index (κ1) is 24.2. The van der Waals surface area contributed by atoms with E-state index in [9.17, 15) is 27.2 Å². The molecule has 1 aromatic carbocycles. The molecule has 1 fully saturated rings. The van der Waals surface area contributed by atoms with Gasteiger partial charge in [0.15, 0.2) is 17.0 Å². The number of pyridine rings is 2. The summed E-state index contributed by atoms with van der Waals surface area (Å²) in [4.78, 5) is 30.4. The largest absolute Gasteiger partial charge is 0.491 e. The molecule has 1 atom stereocenters. The van der Waals surface area contributed by atoms with Crippen LogP contribution in [0.2, 0.25) is 0 Å². The van der Waals surface area contributed by atoms with Crippen LogP contribution in [0.1, 0.15) is 54.7 Å². The van der Waals surface area contributed by atoms with Gasteiger partial charge in [0, 0.05) is 36.7 Å². The van der Waals surface area contributed by atoms with Crippen LogP contribution in [0.3, 0.4) is 0 Å². The normalized spacial score (nSPS) is 17.2. The number of amides is 1. The summed E-state index contributed by atoms with van der Waals surface area (Å²) in [5.41, 5.74) is 5.53. The average molecular weight is 465 g/mol. The van der Waals surface area contributed by atoms with Gasteiger partial charge in [-0.1, -0.05) is 6.07 Å². The van der Waals surface area contributed by atoms with Gasteiger partial charge in [0.2, 0.25) is 11.7 Å². The van der Waals surface area contributed by atoms with Crippen molar-refractivity contribution < 1.29 is 27.1 Å². The number of rotatable bonds is 4. The number of benzene rings is 1. The zero-order valence-corrected chi connectivity index (χ0v) is 17.8. The fourth-order valence-corrected chi connectivity index (χ4v) is 3.82. The molecule has 6 nitrogen and oxygen atoms in total. The van der Waals surface area contributed by atoms with Gasteiger partial charge in [-0.3, -0.25) is 14.6 Å². The van der Waals surface area contributed by atoms with E-state index in [1.807, 2.05) is 0 Å². The molecule has 2 heterocycles. The van der Waals surface area contributed by atoms with Crippen molar-refractivity contribution in [2.24, 2.45) is 5.73 Å². The molecular formula is C23H23F4N3O3. The number of fused-ring (bicyclic) bond motifs is 1. The Balaban J connectivity index is 0.000000235. The van der Waals surface area contributed by atoms with Crippen molar-refractivity contribution in [2.45, 2.75) is 44.4 Å². The number of carbonyl (C=O) groups is 1. The minimum atomic E-state index is -2.70. The second-order valence-corrected chi connectivity index (χ2v) is 7.67. The van der Waals surface area contributed by atoms with E-state index in [0.717, 1.165) is 6.07 Å². The molecule has 0 radical (unpaired) electrons. The molecule has 1 amide bonds. The number of ether oxygens (including phenoxy) is 1. The number of alkyl halides is 2. The summed E-state index contributed by atoms with van der Waals surface area (Å²) < 4.78 is 57.1. The lowest BCUT2D eigenvalue weighted by Gasteiger charge is -2.29. The Hall–Kier alpha value is -3.43. The standard InChI is InChI=1S/C15H15F2N3O2.C8H8F2O/c16-15(17)4-1-2-8(7-15)10-6-11(21)12-9(20-10)3-5-19-13(12)14(18)22;1-2-11-7-5-3-4-6(9)8(7)10/h3,5-6,8H,1-2,4,7H2,(H2,18,22)(H,20,21);3-5H,2H2,1H3/t8-;/m0./s1. The van der Waals surface area contributed by atoms with Crippen LogP contribution in [-0.2, 0) is 0 Å². The molecule has 2 aromatic heterocycles. The number of primary amides is 1. The SMILES string of the molecule is CCOc1cccc(F)c1F.NC(=O)c1nccc2[nH]c([C@H]3CCCC(F)(F)C3)cc(=O)c12. The maximum Gasteiger partial charge on any atom is 0.268 e. The lowest BCUT2D eigenvalue weighted by Crippen LogP contribution is -2.26. The number of hydrogen-bond acceptors (Lipinski definition) is 4. The number of halogens is 4. The summed E-state index contributed by atoms with van der Waals surface area (Å²) >= 11 is 0. The maximum absolute atomic E-state index is 13.6. The van der Waals surface area contributed by atoms with E-state index in [1.165, 1.54) is 30.5 Å². The number of nitrogens with zero attached hydrogens (tertiary/aromatic N) is 1. The van der Waals surface area contributed by atoms with Gasteiger partial charge in [0.05, 0.1) is 17.5 Å². The highest BCUT2D eigenvalue weighted by atomic mass is 19.3. The molecular weight excluding hydrogens is 442 g/mol. The number of nitrogens with one attached hydrogen (secondary N) is 1. The van der Waals surface area contributed by atoms with Gasteiger partial charge in [-0.05, 0) is 38.0 Å². The minimum Gasteiger partial charge on any atom is -0.491 e. The summed E-state index contributed by atoms with van der Waals surface area (Å²) in [6.07, 6.45) is 1.99. The van der Waals surface area contributed by atoms with Crippen LogP contribution in [0.25, 0.3) is 10.9 Å². The lowest BCUT2D eigenvalue weighted by atomic mass is 9.84. The molecule has 0 aliphatic heterocycles. The smallest absolute Gasteiger partial charge is 0.268 e. The van der Waals surface area contributed by atoms with Crippen LogP contribution < -0.4 is 15.9 Å². The molecule has 3 N–H and O–H groups in total. The second kappa shape index (κ2) is 10.0. The molecule has 0 spiro atoms. The first-order valence-electron chi connectivity index (χ1n) is 10.4. The summed E-state index contributed by atoms with van der Waals surface area (Å²) in [6, 6.07) is 6.67. The monoisotopic (exact) mass is 465 g/mol. The van der Waals surface area contributed by atoms with Gasteiger partial charge in [-0.15, -0.1) is 0 Å². The molecule has 1 aliphatic carbocycles. The lowest BCUT2D eigenvalue weighted by molar-refractivity contribution is -0.0412. The molecule has 0 unspecified atom stereocenters. The van der Waals surface area contributed by atoms with Gasteiger partial charge >= 0.3 is 0 Å². The van der Waals surface area contributed by atoms with Gasteiger partial charge in [0.25, 0.3) is 5.91 Å². The van der Waals surface area contributed by atoms with Crippen molar-refractivity contribution in [1.82, 2.24) is 9.97 Å². The van der Waals surface area contributed by atoms with Crippen molar-refractivity contribution in [2.75, 3.05) is 6.61 Å². The van der Waals surface area contributed by atoms with Crippen molar-refractivity contribution >= 4 is 16.8 Å². The third-order valence-electron chi connectivity index (χ3n) is 5.29. The zero-order valence-electron chi connectivity index (χ0n) is 17.8. The fraction of sp³-hybridized carbons (Fsp3) is 0.348. The Bertz CT molecular complexity index is 1210. The molecule has 4 rings (SSSR count). The third-order valence-corrected chi connectivity index (χ3v) is 5.29. The summed E-state index contributed by atoms with van der Waals surface area (Å²) in [5, 5.41) is 0.0984. The molecule has 3 aromatic rings. The highest BCUT2D eigenvalue weighted by Gasteiger charge is 2.37. The van der Waals surface area contributed by atoms with Crippen LogP contribution in [0.15, 0.2) is 41.3 Å². The molecule has 33 heavy (non-hydrogen) atoms. The Morgan fingerprint density at radius 1 is 1.30 bits per heavy atom. The Morgan fingerprint density at radius 3 is 2.73 bits per heavy atom. The summed E-state index contributed by atoms with van der Waals surface area (Å²) in [5.74, 6) is -5.73. The number of nitrogens with two attached hydrogens (primary N) is 1. The van der Waals surface area contributed by atoms with Gasteiger partial charge in [-0.25, -0.2) is 13.2 Å². The van der Waals surface area contributed by atoms with E-state index in [-0.39, 0.29) is 29.7 Å². The highest BCUT2D eigenvalue weighted by molar-refractivity contribution is 6.03. The van der Waals surface area contributed by atoms with Crippen LogP contribution in [0.5, 0.6) is 5.75 Å². The Kier molecular flexibility index (Phi) is 7.35. The van der Waals surface area contributed by atoms with E-state index < -0.39 is 34.8 Å². The Labute approximate surface area is 186 Å². The molecule has 176 valence electrons. The minimum absolute atomic E-state index is 0.0347. The van der Waals surface area contributed by atoms with Crippen LogP contribution in [0.4, 0.5) is 17.6 Å². The maximum atomic E-state index is 13.6. The van der Waals surface area contributed by atoms with Crippen molar-refractivity contribution in [1.29, 1.82) is 0 Å². The number of hydrogen-bond donors (Lipinski definition) is 2. The van der Waals surface area contributed by atoms with Crippen molar-refractivity contribution in [3.05, 3.63) is 69.8 Å². The van der Waals surface area contributed by atoms with E-state index >= 15 is 0 Å².